The van der Waals surface area contributed by atoms with E-state index < -0.39 is 0 Å². The van der Waals surface area contributed by atoms with Crippen LogP contribution in [0.5, 0.6) is 0 Å². The van der Waals surface area contributed by atoms with Gasteiger partial charge in [0.2, 0.25) is 0 Å². The maximum absolute atomic E-state index is 6.31. The molecule has 1 aromatic heterocycles. The number of nitrogens with one attached hydrogen (secondary N) is 1. The Hall–Kier alpha value is -0.800. The Morgan fingerprint density at radius 3 is 2.43 bits per heavy atom. The summed E-state index contributed by atoms with van der Waals surface area (Å²) < 4.78 is 0. The molecule has 2 rings (SSSR count). The van der Waals surface area contributed by atoms with Gasteiger partial charge in [0.05, 0.1) is 10.7 Å². The summed E-state index contributed by atoms with van der Waals surface area (Å²) in [5.41, 5.74) is 1.56. The summed E-state index contributed by atoms with van der Waals surface area (Å²) in [5, 5.41) is 4.03. The molecule has 0 atom stereocenters. The molecule has 1 fully saturated rings. The number of anilines is 1. The number of rotatable bonds is 6. The third-order valence-corrected chi connectivity index (χ3v) is 5.41. The highest BCUT2D eigenvalue weighted by atomic mass is 35.5. The number of pyridine rings is 1. The highest BCUT2D eigenvalue weighted by Gasteiger charge is 2.31. The van der Waals surface area contributed by atoms with Gasteiger partial charge in [0.25, 0.3) is 0 Å². The van der Waals surface area contributed by atoms with Crippen molar-refractivity contribution in [2.75, 3.05) is 25.0 Å². The van der Waals surface area contributed by atoms with Crippen molar-refractivity contribution in [3.63, 3.8) is 0 Å². The molecule has 1 aromatic rings. The van der Waals surface area contributed by atoms with Gasteiger partial charge in [-0.05, 0) is 50.4 Å². The van der Waals surface area contributed by atoms with Gasteiger partial charge in [-0.3, -0.25) is 4.90 Å². The van der Waals surface area contributed by atoms with Gasteiger partial charge in [0.1, 0.15) is 5.82 Å². The van der Waals surface area contributed by atoms with E-state index in [0.29, 0.717) is 5.41 Å². The predicted octanol–water partition coefficient (Wildman–Crippen LogP) is 4.57. The molecule has 2 heterocycles. The molecule has 118 valence electrons. The normalized spacial score (nSPS) is 18.7. The van der Waals surface area contributed by atoms with Crippen molar-refractivity contribution in [2.24, 2.45) is 5.41 Å². The standard InChI is InChI=1S/C17H28ClN3/c1-4-17(5-2)9-11-21(12-10-17)13-15-14(18)7-8-16(20-15)19-6-3/h7-8H,4-6,9-13H2,1-3H3,(H,19,20). The van der Waals surface area contributed by atoms with Gasteiger partial charge in [-0.25, -0.2) is 4.98 Å². The van der Waals surface area contributed by atoms with Crippen LogP contribution in [0.4, 0.5) is 5.82 Å². The predicted molar refractivity (Wildman–Crippen MR) is 90.9 cm³/mol. The van der Waals surface area contributed by atoms with E-state index in [0.717, 1.165) is 42.7 Å². The summed E-state index contributed by atoms with van der Waals surface area (Å²) in [7, 11) is 0. The summed E-state index contributed by atoms with van der Waals surface area (Å²) in [6.45, 7) is 10.8. The lowest BCUT2D eigenvalue weighted by Gasteiger charge is -2.41. The Kier molecular flexibility index (Phi) is 5.88. The van der Waals surface area contributed by atoms with Gasteiger partial charge in [0, 0.05) is 13.1 Å². The molecule has 3 nitrogen and oxygen atoms in total. The van der Waals surface area contributed by atoms with E-state index in [1.165, 1.54) is 25.7 Å². The zero-order valence-corrected chi connectivity index (χ0v) is 14.3. The smallest absolute Gasteiger partial charge is 0.126 e. The third kappa shape index (κ3) is 4.10. The molecule has 0 aromatic carbocycles. The molecule has 21 heavy (non-hydrogen) atoms. The molecule has 0 unspecified atom stereocenters. The van der Waals surface area contributed by atoms with E-state index in [4.69, 9.17) is 11.6 Å². The molecule has 1 saturated heterocycles. The van der Waals surface area contributed by atoms with E-state index in [9.17, 15) is 0 Å². The second-order valence-electron chi connectivity index (χ2n) is 6.14. The fourth-order valence-corrected chi connectivity index (χ4v) is 3.39. The molecule has 1 aliphatic rings. The molecule has 1 aliphatic heterocycles. The number of halogens is 1. The van der Waals surface area contributed by atoms with Crippen molar-refractivity contribution in [3.8, 4) is 0 Å². The number of aromatic nitrogens is 1. The van der Waals surface area contributed by atoms with Crippen LogP contribution < -0.4 is 5.32 Å². The van der Waals surface area contributed by atoms with E-state index in [-0.39, 0.29) is 0 Å². The maximum atomic E-state index is 6.31. The molecular formula is C17H28ClN3. The van der Waals surface area contributed by atoms with Crippen LogP contribution in [0.2, 0.25) is 5.02 Å². The summed E-state index contributed by atoms with van der Waals surface area (Å²) >= 11 is 6.31. The topological polar surface area (TPSA) is 28.2 Å². The first-order valence-electron chi connectivity index (χ1n) is 8.24. The van der Waals surface area contributed by atoms with Gasteiger partial charge in [-0.2, -0.15) is 0 Å². The van der Waals surface area contributed by atoms with E-state index >= 15 is 0 Å². The SMILES string of the molecule is CCNc1ccc(Cl)c(CN2CCC(CC)(CC)CC2)n1. The molecular weight excluding hydrogens is 282 g/mol. The average Bonchev–Trinajstić information content (AvgIpc) is 2.52. The highest BCUT2D eigenvalue weighted by Crippen LogP contribution is 2.38. The van der Waals surface area contributed by atoms with Crippen molar-refractivity contribution in [2.45, 2.75) is 53.0 Å². The molecule has 0 radical (unpaired) electrons. The van der Waals surface area contributed by atoms with Gasteiger partial charge < -0.3 is 5.32 Å². The van der Waals surface area contributed by atoms with Gasteiger partial charge >= 0.3 is 0 Å². The molecule has 0 aliphatic carbocycles. The molecule has 0 saturated carbocycles. The minimum Gasteiger partial charge on any atom is -0.370 e. The summed E-state index contributed by atoms with van der Waals surface area (Å²) in [4.78, 5) is 7.14. The van der Waals surface area contributed by atoms with Crippen molar-refractivity contribution >= 4 is 17.4 Å². The highest BCUT2D eigenvalue weighted by molar-refractivity contribution is 6.31. The number of hydrogen-bond acceptors (Lipinski definition) is 3. The fourth-order valence-electron chi connectivity index (χ4n) is 3.23. The van der Waals surface area contributed by atoms with Gasteiger partial charge in [0.15, 0.2) is 0 Å². The third-order valence-electron chi connectivity index (χ3n) is 5.07. The Bertz CT molecular complexity index is 447. The molecule has 0 spiro atoms. The van der Waals surface area contributed by atoms with Crippen molar-refractivity contribution < 1.29 is 0 Å². The second kappa shape index (κ2) is 7.46. The Morgan fingerprint density at radius 1 is 1.19 bits per heavy atom. The quantitative estimate of drug-likeness (QED) is 0.834. The Balaban J connectivity index is 1.98. The van der Waals surface area contributed by atoms with Crippen LogP contribution in [-0.4, -0.2) is 29.5 Å². The lowest BCUT2D eigenvalue weighted by molar-refractivity contribution is 0.0901. The first kappa shape index (κ1) is 16.6. The van der Waals surface area contributed by atoms with Crippen molar-refractivity contribution in [3.05, 3.63) is 22.8 Å². The van der Waals surface area contributed by atoms with Crippen LogP contribution in [0, 0.1) is 5.41 Å². The number of hydrogen-bond donors (Lipinski definition) is 1. The van der Waals surface area contributed by atoms with Gasteiger partial charge in [-0.1, -0.05) is 38.3 Å². The first-order chi connectivity index (χ1) is 10.1. The summed E-state index contributed by atoms with van der Waals surface area (Å²) in [6, 6.07) is 3.90. The maximum Gasteiger partial charge on any atom is 0.126 e. The van der Waals surface area contributed by atoms with E-state index in [1.807, 2.05) is 12.1 Å². The largest absolute Gasteiger partial charge is 0.370 e. The lowest BCUT2D eigenvalue weighted by atomic mass is 9.74. The summed E-state index contributed by atoms with van der Waals surface area (Å²) in [6.07, 6.45) is 5.19. The van der Waals surface area contributed by atoms with Crippen LogP contribution in [0.3, 0.4) is 0 Å². The van der Waals surface area contributed by atoms with Crippen molar-refractivity contribution in [1.82, 2.24) is 9.88 Å². The Morgan fingerprint density at radius 2 is 1.86 bits per heavy atom. The molecule has 0 bridgehead atoms. The van der Waals surface area contributed by atoms with E-state index in [1.54, 1.807) is 0 Å². The minimum absolute atomic E-state index is 0.569. The lowest BCUT2D eigenvalue weighted by Crippen LogP contribution is -2.39. The molecule has 0 amide bonds. The number of nitrogens with zero attached hydrogens (tertiary/aromatic N) is 2. The Labute approximate surface area is 134 Å². The molecule has 4 heteroatoms. The van der Waals surface area contributed by atoms with Crippen LogP contribution in [0.1, 0.15) is 52.1 Å². The first-order valence-corrected chi connectivity index (χ1v) is 8.62. The van der Waals surface area contributed by atoms with Crippen molar-refractivity contribution in [1.29, 1.82) is 0 Å². The second-order valence-corrected chi connectivity index (χ2v) is 6.55. The van der Waals surface area contributed by atoms with E-state index in [2.05, 4.69) is 36.0 Å². The number of likely N-dealkylation sites (tertiary alicyclic amines) is 1. The minimum atomic E-state index is 0.569. The zero-order valence-electron chi connectivity index (χ0n) is 13.6. The van der Waals surface area contributed by atoms with Crippen LogP contribution in [0.25, 0.3) is 0 Å². The monoisotopic (exact) mass is 309 g/mol. The summed E-state index contributed by atoms with van der Waals surface area (Å²) in [5.74, 6) is 0.922. The average molecular weight is 310 g/mol. The van der Waals surface area contributed by atoms with Crippen LogP contribution >= 0.6 is 11.6 Å². The number of piperidine rings is 1. The van der Waals surface area contributed by atoms with Gasteiger partial charge in [-0.15, -0.1) is 0 Å². The van der Waals surface area contributed by atoms with Crippen LogP contribution in [0.15, 0.2) is 12.1 Å². The molecule has 1 N–H and O–H groups in total. The zero-order chi connectivity index (χ0) is 15.3. The van der Waals surface area contributed by atoms with Crippen LogP contribution in [-0.2, 0) is 6.54 Å². The fraction of sp³-hybridized carbons (Fsp3) is 0.706.